The largest absolute Gasteiger partial charge is 0.294 e. The Morgan fingerprint density at radius 3 is 2.06 bits per heavy atom. The molecule has 0 aliphatic heterocycles. The van der Waals surface area contributed by atoms with E-state index < -0.39 is 0 Å². The number of allylic oxidation sites excluding steroid dienone is 2. The second kappa shape index (κ2) is 6.39. The van der Waals surface area contributed by atoms with Gasteiger partial charge in [0, 0.05) is 6.42 Å². The van der Waals surface area contributed by atoms with Gasteiger partial charge in [0.2, 0.25) is 0 Å². The van der Waals surface area contributed by atoms with Gasteiger partial charge in [-0.2, -0.15) is 0 Å². The summed E-state index contributed by atoms with van der Waals surface area (Å²) in [4.78, 5) is 11.9. The number of ketones is 1. The summed E-state index contributed by atoms with van der Waals surface area (Å²) in [7, 11) is 0. The maximum absolute atomic E-state index is 11.9. The van der Waals surface area contributed by atoms with Crippen LogP contribution in [-0.2, 0) is 11.2 Å². The molecule has 1 aromatic rings. The number of hydrogen-bond acceptors (Lipinski definition) is 1. The summed E-state index contributed by atoms with van der Waals surface area (Å²) in [5.74, 6) is 0.216. The van der Waals surface area contributed by atoms with Crippen LogP contribution >= 0.6 is 0 Å². The van der Waals surface area contributed by atoms with Gasteiger partial charge in [-0.15, -0.1) is 0 Å². The van der Waals surface area contributed by atoms with E-state index in [0.29, 0.717) is 6.42 Å². The third kappa shape index (κ3) is 4.56. The number of rotatable bonds is 5. The molecule has 0 fully saturated rings. The van der Waals surface area contributed by atoms with Crippen molar-refractivity contribution in [1.82, 2.24) is 0 Å². The van der Waals surface area contributed by atoms with Crippen LogP contribution in [0.15, 0.2) is 29.8 Å². The Labute approximate surface area is 105 Å². The Balaban J connectivity index is 2.77. The predicted molar refractivity (Wildman–Crippen MR) is 73.3 cm³/mol. The number of hydrogen-bond donors (Lipinski definition) is 0. The molecule has 0 heterocycles. The molecule has 0 aliphatic carbocycles. The van der Waals surface area contributed by atoms with Gasteiger partial charge < -0.3 is 0 Å². The van der Waals surface area contributed by atoms with Crippen LogP contribution in [0.2, 0.25) is 0 Å². The van der Waals surface area contributed by atoms with Crippen LogP contribution in [0.4, 0.5) is 0 Å². The average molecular weight is 230 g/mol. The van der Waals surface area contributed by atoms with Crippen LogP contribution in [-0.4, -0.2) is 5.78 Å². The molecular weight excluding hydrogens is 208 g/mol. The summed E-state index contributed by atoms with van der Waals surface area (Å²) >= 11 is 0. The quantitative estimate of drug-likeness (QED) is 0.694. The third-order valence-corrected chi connectivity index (χ3v) is 2.93. The van der Waals surface area contributed by atoms with Crippen molar-refractivity contribution in [3.05, 3.63) is 46.5 Å². The first-order valence-electron chi connectivity index (χ1n) is 6.34. The Morgan fingerprint density at radius 1 is 1.06 bits per heavy atom. The van der Waals surface area contributed by atoms with Gasteiger partial charge in [0.1, 0.15) is 0 Å². The standard InChI is InChI=1S/C16H22O/c1-5-14(6-2)10-16(17)11-15-8-12(3)7-13(4)9-15/h7-10H,5-6,11H2,1-4H3. The molecule has 0 spiro atoms. The van der Waals surface area contributed by atoms with E-state index in [4.69, 9.17) is 0 Å². The summed E-state index contributed by atoms with van der Waals surface area (Å²) in [6.07, 6.45) is 4.27. The van der Waals surface area contributed by atoms with Gasteiger partial charge in [0.25, 0.3) is 0 Å². The lowest BCUT2D eigenvalue weighted by atomic mass is 10.0. The Bertz CT molecular complexity index is 401. The molecule has 0 aromatic heterocycles. The fourth-order valence-corrected chi connectivity index (χ4v) is 2.11. The van der Waals surface area contributed by atoms with E-state index in [-0.39, 0.29) is 5.78 Å². The monoisotopic (exact) mass is 230 g/mol. The highest BCUT2D eigenvalue weighted by atomic mass is 16.1. The molecule has 0 radical (unpaired) electrons. The van der Waals surface area contributed by atoms with E-state index in [2.05, 4.69) is 45.9 Å². The van der Waals surface area contributed by atoms with Gasteiger partial charge in [0.15, 0.2) is 5.78 Å². The zero-order valence-electron chi connectivity index (χ0n) is 11.3. The first-order chi connectivity index (χ1) is 8.05. The molecular formula is C16H22O. The fraction of sp³-hybridized carbons (Fsp3) is 0.438. The highest BCUT2D eigenvalue weighted by Gasteiger charge is 2.03. The smallest absolute Gasteiger partial charge is 0.160 e. The second-order valence-electron chi connectivity index (χ2n) is 4.65. The number of aryl methyl sites for hydroxylation is 2. The van der Waals surface area contributed by atoms with Gasteiger partial charge in [-0.3, -0.25) is 4.79 Å². The van der Waals surface area contributed by atoms with Crippen LogP contribution in [0.5, 0.6) is 0 Å². The van der Waals surface area contributed by atoms with E-state index in [1.807, 2.05) is 6.08 Å². The van der Waals surface area contributed by atoms with E-state index >= 15 is 0 Å². The van der Waals surface area contributed by atoms with Crippen LogP contribution in [0.3, 0.4) is 0 Å². The lowest BCUT2D eigenvalue weighted by Crippen LogP contribution is -2.01. The van der Waals surface area contributed by atoms with Crippen molar-refractivity contribution in [3.8, 4) is 0 Å². The molecule has 0 amide bonds. The minimum absolute atomic E-state index is 0.216. The van der Waals surface area contributed by atoms with Crippen molar-refractivity contribution in [1.29, 1.82) is 0 Å². The molecule has 0 unspecified atom stereocenters. The minimum atomic E-state index is 0.216. The second-order valence-corrected chi connectivity index (χ2v) is 4.65. The van der Waals surface area contributed by atoms with E-state index in [1.165, 1.54) is 16.7 Å². The Morgan fingerprint density at radius 2 is 1.59 bits per heavy atom. The molecule has 92 valence electrons. The normalized spacial score (nSPS) is 10.1. The SMILES string of the molecule is CCC(=CC(=O)Cc1cc(C)cc(C)c1)CC. The highest BCUT2D eigenvalue weighted by molar-refractivity contribution is 5.92. The van der Waals surface area contributed by atoms with Gasteiger partial charge in [-0.25, -0.2) is 0 Å². The first kappa shape index (κ1) is 13.7. The molecule has 17 heavy (non-hydrogen) atoms. The molecule has 1 aromatic carbocycles. The van der Waals surface area contributed by atoms with E-state index in [9.17, 15) is 4.79 Å². The zero-order chi connectivity index (χ0) is 12.8. The van der Waals surface area contributed by atoms with Crippen molar-refractivity contribution >= 4 is 5.78 Å². The highest BCUT2D eigenvalue weighted by Crippen LogP contribution is 2.11. The van der Waals surface area contributed by atoms with Crippen LogP contribution < -0.4 is 0 Å². The van der Waals surface area contributed by atoms with Crippen molar-refractivity contribution in [3.63, 3.8) is 0 Å². The maximum Gasteiger partial charge on any atom is 0.160 e. The molecule has 0 aliphatic rings. The fourth-order valence-electron chi connectivity index (χ4n) is 2.11. The van der Waals surface area contributed by atoms with Gasteiger partial charge in [-0.05, 0) is 38.3 Å². The summed E-state index contributed by atoms with van der Waals surface area (Å²) in [5.41, 5.74) is 4.81. The lowest BCUT2D eigenvalue weighted by molar-refractivity contribution is -0.114. The lowest BCUT2D eigenvalue weighted by Gasteiger charge is -2.04. The van der Waals surface area contributed by atoms with Crippen LogP contribution in [0.25, 0.3) is 0 Å². The van der Waals surface area contributed by atoms with Gasteiger partial charge >= 0.3 is 0 Å². The molecule has 0 N–H and O–H groups in total. The van der Waals surface area contributed by atoms with Crippen molar-refractivity contribution in [2.75, 3.05) is 0 Å². The Hall–Kier alpha value is -1.37. The van der Waals surface area contributed by atoms with Gasteiger partial charge in [-0.1, -0.05) is 48.7 Å². The topological polar surface area (TPSA) is 17.1 Å². The number of carbonyl (C=O) groups excluding carboxylic acids is 1. The number of carbonyl (C=O) groups is 1. The predicted octanol–water partition coefficient (Wildman–Crippen LogP) is 4.16. The van der Waals surface area contributed by atoms with Crippen molar-refractivity contribution in [2.24, 2.45) is 0 Å². The Kier molecular flexibility index (Phi) is 5.14. The van der Waals surface area contributed by atoms with Crippen molar-refractivity contribution in [2.45, 2.75) is 47.0 Å². The molecule has 1 rings (SSSR count). The summed E-state index contributed by atoms with van der Waals surface area (Å²) in [6.45, 7) is 8.33. The molecule has 0 bridgehead atoms. The first-order valence-corrected chi connectivity index (χ1v) is 6.34. The average Bonchev–Trinajstić information content (AvgIpc) is 2.24. The summed E-state index contributed by atoms with van der Waals surface area (Å²) in [5, 5.41) is 0. The molecule has 0 saturated heterocycles. The van der Waals surface area contributed by atoms with Gasteiger partial charge in [0.05, 0.1) is 0 Å². The molecule has 0 atom stereocenters. The molecule has 1 nitrogen and oxygen atoms in total. The third-order valence-electron chi connectivity index (χ3n) is 2.93. The number of benzene rings is 1. The minimum Gasteiger partial charge on any atom is -0.294 e. The molecule has 1 heteroatoms. The summed E-state index contributed by atoms with van der Waals surface area (Å²) < 4.78 is 0. The zero-order valence-corrected chi connectivity index (χ0v) is 11.3. The van der Waals surface area contributed by atoms with Crippen molar-refractivity contribution < 1.29 is 4.79 Å². The van der Waals surface area contributed by atoms with E-state index in [0.717, 1.165) is 18.4 Å². The van der Waals surface area contributed by atoms with Crippen LogP contribution in [0, 0.1) is 13.8 Å². The summed E-state index contributed by atoms with van der Waals surface area (Å²) in [6, 6.07) is 6.32. The van der Waals surface area contributed by atoms with Crippen LogP contribution in [0.1, 0.15) is 43.4 Å². The van der Waals surface area contributed by atoms with E-state index in [1.54, 1.807) is 0 Å². The molecule has 0 saturated carbocycles. The maximum atomic E-state index is 11.9.